The number of halogens is 1. The van der Waals surface area contributed by atoms with Gasteiger partial charge in [0, 0.05) is 25.2 Å². The number of esters is 1. The van der Waals surface area contributed by atoms with E-state index in [0.717, 1.165) is 11.8 Å². The lowest BCUT2D eigenvalue weighted by Gasteiger charge is -2.15. The van der Waals surface area contributed by atoms with E-state index in [1.165, 1.54) is 19.2 Å². The number of carbonyl (C=O) groups is 1. The topological polar surface area (TPSA) is 94.5 Å². The quantitative estimate of drug-likeness (QED) is 0.567. The van der Waals surface area contributed by atoms with Crippen molar-refractivity contribution in [3.05, 3.63) is 47.8 Å². The fourth-order valence-corrected chi connectivity index (χ4v) is 2.48. The SMILES string of the molecule is COC(=O)c1ccc(-c2noc(-c3ccc(N(C)C)c(N)c3)n2)cc1F. The van der Waals surface area contributed by atoms with Gasteiger partial charge in [-0.05, 0) is 36.4 Å². The third kappa shape index (κ3) is 3.21. The predicted octanol–water partition coefficient (Wildman–Crippen LogP) is 2.98. The van der Waals surface area contributed by atoms with Crippen LogP contribution in [-0.4, -0.2) is 37.3 Å². The van der Waals surface area contributed by atoms with Crippen molar-refractivity contribution < 1.29 is 18.4 Å². The van der Waals surface area contributed by atoms with Gasteiger partial charge in [0.1, 0.15) is 5.82 Å². The van der Waals surface area contributed by atoms with Crippen LogP contribution in [0.3, 0.4) is 0 Å². The molecular formula is C18H17FN4O3. The second kappa shape index (κ2) is 6.83. The van der Waals surface area contributed by atoms with Crippen LogP contribution in [0.2, 0.25) is 0 Å². The summed E-state index contributed by atoms with van der Waals surface area (Å²) in [7, 11) is 4.97. The monoisotopic (exact) mass is 356 g/mol. The molecule has 0 saturated heterocycles. The Bertz CT molecular complexity index is 969. The lowest BCUT2D eigenvalue weighted by Crippen LogP contribution is -2.10. The van der Waals surface area contributed by atoms with Crippen LogP contribution < -0.4 is 10.6 Å². The highest BCUT2D eigenvalue weighted by Crippen LogP contribution is 2.29. The summed E-state index contributed by atoms with van der Waals surface area (Å²) in [5.74, 6) is -1.01. The van der Waals surface area contributed by atoms with Crippen LogP contribution in [0.4, 0.5) is 15.8 Å². The average Bonchev–Trinajstić information content (AvgIpc) is 3.10. The highest BCUT2D eigenvalue weighted by Gasteiger charge is 2.16. The van der Waals surface area contributed by atoms with Crippen LogP contribution in [0.25, 0.3) is 22.8 Å². The molecule has 134 valence electrons. The number of anilines is 2. The molecule has 0 aliphatic rings. The summed E-state index contributed by atoms with van der Waals surface area (Å²) in [5, 5.41) is 3.87. The van der Waals surface area contributed by atoms with E-state index in [1.54, 1.807) is 6.07 Å². The molecule has 0 aliphatic heterocycles. The molecule has 0 spiro atoms. The molecule has 1 heterocycles. The van der Waals surface area contributed by atoms with Crippen molar-refractivity contribution in [2.75, 3.05) is 31.8 Å². The van der Waals surface area contributed by atoms with Crippen LogP contribution in [0, 0.1) is 5.82 Å². The van der Waals surface area contributed by atoms with E-state index in [-0.39, 0.29) is 17.3 Å². The van der Waals surface area contributed by atoms with E-state index in [4.69, 9.17) is 10.3 Å². The van der Waals surface area contributed by atoms with Crippen molar-refractivity contribution in [1.29, 1.82) is 0 Å². The van der Waals surface area contributed by atoms with Crippen LogP contribution >= 0.6 is 0 Å². The second-order valence-electron chi connectivity index (χ2n) is 5.78. The highest BCUT2D eigenvalue weighted by atomic mass is 19.1. The van der Waals surface area contributed by atoms with Gasteiger partial charge >= 0.3 is 5.97 Å². The smallest absolute Gasteiger partial charge is 0.340 e. The first-order valence-electron chi connectivity index (χ1n) is 7.70. The maximum atomic E-state index is 14.1. The lowest BCUT2D eigenvalue weighted by atomic mass is 10.1. The zero-order valence-corrected chi connectivity index (χ0v) is 14.5. The summed E-state index contributed by atoms with van der Waals surface area (Å²) in [6, 6.07) is 9.38. The molecule has 3 aromatic rings. The van der Waals surface area contributed by atoms with E-state index in [0.29, 0.717) is 16.8 Å². The van der Waals surface area contributed by atoms with E-state index in [1.807, 2.05) is 31.1 Å². The Hall–Kier alpha value is -3.42. The fourth-order valence-electron chi connectivity index (χ4n) is 2.48. The van der Waals surface area contributed by atoms with Crippen LogP contribution in [0.5, 0.6) is 0 Å². The maximum absolute atomic E-state index is 14.1. The Morgan fingerprint density at radius 1 is 1.19 bits per heavy atom. The molecular weight excluding hydrogens is 339 g/mol. The summed E-state index contributed by atoms with van der Waals surface area (Å²) in [6.07, 6.45) is 0. The number of hydrogen-bond donors (Lipinski definition) is 1. The van der Waals surface area contributed by atoms with E-state index >= 15 is 0 Å². The van der Waals surface area contributed by atoms with E-state index in [2.05, 4.69) is 14.9 Å². The molecule has 0 radical (unpaired) electrons. The number of benzene rings is 2. The Morgan fingerprint density at radius 3 is 2.54 bits per heavy atom. The number of nitrogens with zero attached hydrogens (tertiary/aromatic N) is 3. The van der Waals surface area contributed by atoms with Crippen LogP contribution in [-0.2, 0) is 4.74 Å². The molecule has 2 aromatic carbocycles. The highest BCUT2D eigenvalue weighted by molar-refractivity contribution is 5.90. The van der Waals surface area contributed by atoms with E-state index < -0.39 is 11.8 Å². The van der Waals surface area contributed by atoms with Crippen molar-refractivity contribution in [1.82, 2.24) is 10.1 Å². The van der Waals surface area contributed by atoms with Crippen molar-refractivity contribution in [3.8, 4) is 22.8 Å². The second-order valence-corrected chi connectivity index (χ2v) is 5.78. The van der Waals surface area contributed by atoms with Gasteiger partial charge < -0.3 is 19.9 Å². The molecule has 7 nitrogen and oxygen atoms in total. The number of aromatic nitrogens is 2. The number of hydrogen-bond acceptors (Lipinski definition) is 7. The number of rotatable bonds is 4. The first-order valence-corrected chi connectivity index (χ1v) is 7.70. The molecule has 0 amide bonds. The summed E-state index contributed by atoms with van der Waals surface area (Å²) < 4.78 is 23.8. The number of carbonyl (C=O) groups excluding carboxylic acids is 1. The largest absolute Gasteiger partial charge is 0.465 e. The van der Waals surface area contributed by atoms with Gasteiger partial charge in [-0.25, -0.2) is 9.18 Å². The fraction of sp³-hybridized carbons (Fsp3) is 0.167. The standard InChI is InChI=1S/C18H17FN4O3/c1-23(2)15-7-5-11(9-14(15)20)17-21-16(22-26-17)10-4-6-12(13(19)8-10)18(24)25-3/h4-9H,20H2,1-3H3. The van der Waals surface area contributed by atoms with Gasteiger partial charge in [-0.2, -0.15) is 4.98 Å². The van der Waals surface area contributed by atoms with Gasteiger partial charge in [-0.3, -0.25) is 0 Å². The maximum Gasteiger partial charge on any atom is 0.340 e. The van der Waals surface area contributed by atoms with E-state index in [9.17, 15) is 9.18 Å². The normalized spacial score (nSPS) is 10.6. The minimum absolute atomic E-state index is 0.160. The third-order valence-electron chi connectivity index (χ3n) is 3.81. The average molecular weight is 356 g/mol. The van der Waals surface area contributed by atoms with Crippen molar-refractivity contribution in [3.63, 3.8) is 0 Å². The number of ether oxygens (including phenoxy) is 1. The van der Waals surface area contributed by atoms with Gasteiger partial charge in [0.2, 0.25) is 5.82 Å². The molecule has 8 heteroatoms. The minimum Gasteiger partial charge on any atom is -0.465 e. The van der Waals surface area contributed by atoms with Gasteiger partial charge in [-0.15, -0.1) is 0 Å². The Balaban J connectivity index is 1.92. The third-order valence-corrected chi connectivity index (χ3v) is 3.81. The number of nitrogens with two attached hydrogens (primary N) is 1. The van der Waals surface area contributed by atoms with Crippen LogP contribution in [0.15, 0.2) is 40.9 Å². The van der Waals surface area contributed by atoms with Gasteiger partial charge in [0.05, 0.1) is 24.0 Å². The zero-order chi connectivity index (χ0) is 18.8. The van der Waals surface area contributed by atoms with Crippen LogP contribution in [0.1, 0.15) is 10.4 Å². The van der Waals surface area contributed by atoms with Crippen molar-refractivity contribution in [2.24, 2.45) is 0 Å². The summed E-state index contributed by atoms with van der Waals surface area (Å²) in [6.45, 7) is 0. The number of nitrogen functional groups attached to an aromatic ring is 1. The van der Waals surface area contributed by atoms with Gasteiger partial charge in [-0.1, -0.05) is 5.16 Å². The minimum atomic E-state index is -0.751. The van der Waals surface area contributed by atoms with Gasteiger partial charge in [0.25, 0.3) is 5.89 Å². The molecule has 0 fully saturated rings. The molecule has 0 bridgehead atoms. The summed E-state index contributed by atoms with van der Waals surface area (Å²) in [4.78, 5) is 17.6. The summed E-state index contributed by atoms with van der Waals surface area (Å²) in [5.41, 5.74) is 8.34. The molecule has 0 unspecified atom stereocenters. The molecule has 0 aliphatic carbocycles. The molecule has 0 saturated carbocycles. The molecule has 0 atom stereocenters. The van der Waals surface area contributed by atoms with Crippen molar-refractivity contribution >= 4 is 17.3 Å². The lowest BCUT2D eigenvalue weighted by molar-refractivity contribution is 0.0595. The molecule has 26 heavy (non-hydrogen) atoms. The zero-order valence-electron chi connectivity index (χ0n) is 14.5. The van der Waals surface area contributed by atoms with Crippen molar-refractivity contribution in [2.45, 2.75) is 0 Å². The predicted molar refractivity (Wildman–Crippen MR) is 95.2 cm³/mol. The first kappa shape index (κ1) is 17.4. The van der Waals surface area contributed by atoms with Gasteiger partial charge in [0.15, 0.2) is 0 Å². The molecule has 1 aromatic heterocycles. The summed E-state index contributed by atoms with van der Waals surface area (Å²) >= 11 is 0. The molecule has 2 N–H and O–H groups in total. The Kier molecular flexibility index (Phi) is 4.57. The Morgan fingerprint density at radius 2 is 1.92 bits per heavy atom. The Labute approximate surface area is 149 Å². The molecule has 3 rings (SSSR count). The first-order chi connectivity index (χ1) is 12.4. The number of methoxy groups -OCH3 is 1.